The van der Waals surface area contributed by atoms with Gasteiger partial charge in [0.15, 0.2) is 0 Å². The Morgan fingerprint density at radius 1 is 1.56 bits per heavy atom. The van der Waals surface area contributed by atoms with Gasteiger partial charge in [0.25, 0.3) is 0 Å². The maximum Gasteiger partial charge on any atom is 0.338 e. The first kappa shape index (κ1) is 12.2. The fourth-order valence-corrected chi connectivity index (χ4v) is 1.30. The third-order valence-corrected chi connectivity index (χ3v) is 2.10. The van der Waals surface area contributed by atoms with E-state index in [1.807, 2.05) is 0 Å². The van der Waals surface area contributed by atoms with Gasteiger partial charge >= 0.3 is 5.97 Å². The van der Waals surface area contributed by atoms with Gasteiger partial charge in [-0.25, -0.2) is 9.18 Å². The molecule has 4 nitrogen and oxygen atoms in total. The Labute approximate surface area is 92.4 Å². The number of benzene rings is 1. The molecule has 86 valence electrons. The number of carbonyl (C=O) groups is 2. The molecule has 1 aromatic carbocycles. The van der Waals surface area contributed by atoms with Crippen molar-refractivity contribution in [2.24, 2.45) is 0 Å². The molecule has 0 atom stereocenters. The summed E-state index contributed by atoms with van der Waals surface area (Å²) in [7, 11) is 1.23. The SMILES string of the molecule is COC(=O)c1cc(F)c(NCC=O)cc1C. The molecule has 0 heterocycles. The Kier molecular flexibility index (Phi) is 3.99. The van der Waals surface area contributed by atoms with Crippen LogP contribution in [0, 0.1) is 12.7 Å². The molecule has 1 N–H and O–H groups in total. The van der Waals surface area contributed by atoms with Crippen LogP contribution in [0.2, 0.25) is 0 Å². The second-order valence-electron chi connectivity index (χ2n) is 3.19. The van der Waals surface area contributed by atoms with Gasteiger partial charge in [0.1, 0.15) is 12.1 Å². The molecule has 0 saturated carbocycles. The second-order valence-corrected chi connectivity index (χ2v) is 3.19. The summed E-state index contributed by atoms with van der Waals surface area (Å²) in [5.41, 5.74) is 0.954. The minimum atomic E-state index is -0.590. The molecule has 0 saturated heterocycles. The number of hydrogen-bond donors (Lipinski definition) is 1. The molecule has 0 radical (unpaired) electrons. The van der Waals surface area contributed by atoms with Crippen LogP contribution in [-0.4, -0.2) is 25.9 Å². The van der Waals surface area contributed by atoms with Crippen LogP contribution in [0.3, 0.4) is 0 Å². The first-order chi connectivity index (χ1) is 7.60. The summed E-state index contributed by atoms with van der Waals surface area (Å²) >= 11 is 0. The normalized spacial score (nSPS) is 9.69. The summed E-state index contributed by atoms with van der Waals surface area (Å²) in [6.45, 7) is 1.69. The third-order valence-electron chi connectivity index (χ3n) is 2.10. The zero-order valence-electron chi connectivity index (χ0n) is 9.04. The monoisotopic (exact) mass is 225 g/mol. The number of hydrogen-bond acceptors (Lipinski definition) is 4. The smallest absolute Gasteiger partial charge is 0.338 e. The summed E-state index contributed by atoms with van der Waals surface area (Å²) in [4.78, 5) is 21.4. The van der Waals surface area contributed by atoms with Gasteiger partial charge in [0.05, 0.1) is 24.9 Å². The van der Waals surface area contributed by atoms with Crippen LogP contribution >= 0.6 is 0 Å². The van der Waals surface area contributed by atoms with Crippen LogP contribution < -0.4 is 5.32 Å². The van der Waals surface area contributed by atoms with E-state index in [0.29, 0.717) is 11.8 Å². The Balaban J connectivity index is 3.06. The number of nitrogens with one attached hydrogen (secondary N) is 1. The molecule has 0 spiro atoms. The molecule has 0 aliphatic carbocycles. The molecule has 0 fully saturated rings. The molecule has 0 bridgehead atoms. The molecular weight excluding hydrogens is 213 g/mol. The number of aryl methyl sites for hydroxylation is 1. The predicted molar refractivity (Wildman–Crippen MR) is 57.0 cm³/mol. The van der Waals surface area contributed by atoms with E-state index < -0.39 is 11.8 Å². The van der Waals surface area contributed by atoms with Gasteiger partial charge in [-0.2, -0.15) is 0 Å². The van der Waals surface area contributed by atoms with E-state index in [2.05, 4.69) is 10.1 Å². The number of esters is 1. The maximum atomic E-state index is 13.5. The number of aldehydes is 1. The molecule has 1 rings (SSSR count). The lowest BCUT2D eigenvalue weighted by atomic mass is 10.1. The van der Waals surface area contributed by atoms with E-state index in [0.717, 1.165) is 6.07 Å². The van der Waals surface area contributed by atoms with E-state index in [1.54, 1.807) is 6.92 Å². The van der Waals surface area contributed by atoms with E-state index in [-0.39, 0.29) is 17.8 Å². The average Bonchev–Trinajstić information content (AvgIpc) is 2.28. The lowest BCUT2D eigenvalue weighted by Crippen LogP contribution is -2.08. The number of methoxy groups -OCH3 is 1. The van der Waals surface area contributed by atoms with Gasteiger partial charge in [-0.3, -0.25) is 0 Å². The molecule has 0 amide bonds. The summed E-state index contributed by atoms with van der Waals surface area (Å²) < 4.78 is 18.0. The lowest BCUT2D eigenvalue weighted by Gasteiger charge is -2.09. The predicted octanol–water partition coefficient (Wildman–Crippen LogP) is 1.53. The van der Waals surface area contributed by atoms with E-state index in [9.17, 15) is 14.0 Å². The van der Waals surface area contributed by atoms with Crippen molar-refractivity contribution in [2.45, 2.75) is 6.92 Å². The van der Waals surface area contributed by atoms with Crippen molar-refractivity contribution in [3.8, 4) is 0 Å². The van der Waals surface area contributed by atoms with E-state index in [1.165, 1.54) is 13.2 Å². The number of halogens is 1. The van der Waals surface area contributed by atoms with Crippen molar-refractivity contribution < 1.29 is 18.7 Å². The van der Waals surface area contributed by atoms with Crippen LogP contribution in [0.25, 0.3) is 0 Å². The molecule has 16 heavy (non-hydrogen) atoms. The van der Waals surface area contributed by atoms with Gasteiger partial charge in [-0.1, -0.05) is 0 Å². The highest BCUT2D eigenvalue weighted by molar-refractivity contribution is 5.91. The van der Waals surface area contributed by atoms with Crippen LogP contribution in [0.1, 0.15) is 15.9 Å². The third kappa shape index (κ3) is 2.56. The van der Waals surface area contributed by atoms with Crippen LogP contribution in [0.4, 0.5) is 10.1 Å². The van der Waals surface area contributed by atoms with Crippen molar-refractivity contribution in [1.29, 1.82) is 0 Å². The summed E-state index contributed by atoms with van der Waals surface area (Å²) in [6.07, 6.45) is 0.628. The van der Waals surface area contributed by atoms with Crippen molar-refractivity contribution >= 4 is 17.9 Å². The fourth-order valence-electron chi connectivity index (χ4n) is 1.30. The van der Waals surface area contributed by atoms with E-state index >= 15 is 0 Å². The number of ether oxygens (including phenoxy) is 1. The average molecular weight is 225 g/mol. The summed E-state index contributed by atoms with van der Waals surface area (Å²) in [5.74, 6) is -1.17. The highest BCUT2D eigenvalue weighted by atomic mass is 19.1. The number of anilines is 1. The fraction of sp³-hybridized carbons (Fsp3) is 0.273. The zero-order valence-corrected chi connectivity index (χ0v) is 9.04. The van der Waals surface area contributed by atoms with Gasteiger partial charge in [-0.05, 0) is 24.6 Å². The molecule has 1 aromatic rings. The Bertz CT molecular complexity index is 418. The van der Waals surface area contributed by atoms with Crippen molar-refractivity contribution in [1.82, 2.24) is 0 Å². The Hall–Kier alpha value is -1.91. The van der Waals surface area contributed by atoms with Crippen molar-refractivity contribution in [3.05, 3.63) is 29.1 Å². The first-order valence-electron chi connectivity index (χ1n) is 4.66. The quantitative estimate of drug-likeness (QED) is 0.623. The van der Waals surface area contributed by atoms with Gasteiger partial charge < -0.3 is 14.8 Å². The van der Waals surface area contributed by atoms with Crippen LogP contribution in [0.5, 0.6) is 0 Å². The summed E-state index contributed by atoms with van der Waals surface area (Å²) in [6, 6.07) is 2.55. The minimum absolute atomic E-state index is 0.0218. The molecular formula is C11H12FNO3. The summed E-state index contributed by atoms with van der Waals surface area (Å²) in [5, 5.41) is 2.59. The number of carbonyl (C=O) groups excluding carboxylic acids is 2. The second kappa shape index (κ2) is 5.25. The molecule has 0 unspecified atom stereocenters. The highest BCUT2D eigenvalue weighted by Crippen LogP contribution is 2.20. The topological polar surface area (TPSA) is 55.4 Å². The van der Waals surface area contributed by atoms with Crippen molar-refractivity contribution in [2.75, 3.05) is 19.0 Å². The maximum absolute atomic E-state index is 13.5. The standard InChI is InChI=1S/C11H12FNO3/c1-7-5-10(13-3-4-14)9(12)6-8(7)11(15)16-2/h4-6,13H,3H2,1-2H3. The van der Waals surface area contributed by atoms with Crippen molar-refractivity contribution in [3.63, 3.8) is 0 Å². The first-order valence-corrected chi connectivity index (χ1v) is 4.66. The van der Waals surface area contributed by atoms with Gasteiger partial charge in [-0.15, -0.1) is 0 Å². The Morgan fingerprint density at radius 3 is 2.81 bits per heavy atom. The molecule has 5 heteroatoms. The molecule has 0 aromatic heterocycles. The lowest BCUT2D eigenvalue weighted by molar-refractivity contribution is -0.106. The van der Waals surface area contributed by atoms with Gasteiger partial charge in [0, 0.05) is 0 Å². The largest absolute Gasteiger partial charge is 0.465 e. The van der Waals surface area contributed by atoms with Crippen LogP contribution in [0.15, 0.2) is 12.1 Å². The zero-order chi connectivity index (χ0) is 12.1. The number of rotatable bonds is 4. The highest BCUT2D eigenvalue weighted by Gasteiger charge is 2.13. The van der Waals surface area contributed by atoms with Crippen LogP contribution in [-0.2, 0) is 9.53 Å². The van der Waals surface area contributed by atoms with E-state index in [4.69, 9.17) is 0 Å². The molecule has 0 aliphatic rings. The van der Waals surface area contributed by atoms with Gasteiger partial charge in [0.2, 0.25) is 0 Å². The molecule has 0 aliphatic heterocycles. The minimum Gasteiger partial charge on any atom is -0.465 e. The Morgan fingerprint density at radius 2 is 2.25 bits per heavy atom.